The molecule has 0 aromatic heterocycles. The lowest BCUT2D eigenvalue weighted by Crippen LogP contribution is -2.37. The molecule has 2 aromatic carbocycles. The molecule has 174 valence electrons. The van der Waals surface area contributed by atoms with Gasteiger partial charge in [-0.25, -0.2) is 0 Å². The lowest BCUT2D eigenvalue weighted by atomic mass is 10.1. The SMILES string of the molecule is CCN1CCCC1CNCc1cc(Br)c(OCc2ccc(Cl)cc2Cl)c(OC)c1.Cl.Cl. The highest BCUT2D eigenvalue weighted by atomic mass is 79.9. The zero-order valence-electron chi connectivity index (χ0n) is 17.6. The molecule has 0 saturated carbocycles. The molecule has 0 spiro atoms. The average Bonchev–Trinajstić information content (AvgIpc) is 3.15. The van der Waals surface area contributed by atoms with E-state index in [0.29, 0.717) is 34.2 Å². The summed E-state index contributed by atoms with van der Waals surface area (Å²) in [4.78, 5) is 2.54. The van der Waals surface area contributed by atoms with Gasteiger partial charge in [-0.15, -0.1) is 24.8 Å². The fraction of sp³-hybridized carbons (Fsp3) is 0.455. The first-order valence-corrected chi connectivity index (χ1v) is 11.4. The normalized spacial score (nSPS) is 15.8. The summed E-state index contributed by atoms with van der Waals surface area (Å²) in [7, 11) is 1.65. The van der Waals surface area contributed by atoms with Crippen molar-refractivity contribution >= 4 is 63.9 Å². The highest BCUT2D eigenvalue weighted by Gasteiger charge is 2.22. The van der Waals surface area contributed by atoms with Crippen molar-refractivity contribution in [3.8, 4) is 11.5 Å². The van der Waals surface area contributed by atoms with E-state index in [-0.39, 0.29) is 24.8 Å². The maximum absolute atomic E-state index is 6.25. The number of rotatable bonds is 9. The van der Waals surface area contributed by atoms with Crippen molar-refractivity contribution in [2.45, 2.75) is 39.0 Å². The fourth-order valence-corrected chi connectivity index (χ4v) is 4.80. The second-order valence-corrected chi connectivity index (χ2v) is 8.89. The second-order valence-electron chi connectivity index (χ2n) is 7.19. The number of ether oxygens (including phenoxy) is 2. The third kappa shape index (κ3) is 7.85. The molecule has 9 heteroatoms. The predicted octanol–water partition coefficient (Wildman–Crippen LogP) is 6.76. The van der Waals surface area contributed by atoms with Crippen LogP contribution in [0, 0.1) is 0 Å². The van der Waals surface area contributed by atoms with E-state index >= 15 is 0 Å². The molecule has 0 bridgehead atoms. The zero-order chi connectivity index (χ0) is 20.8. The quantitative estimate of drug-likeness (QED) is 0.359. The smallest absolute Gasteiger partial charge is 0.175 e. The first-order chi connectivity index (χ1) is 14.0. The van der Waals surface area contributed by atoms with Gasteiger partial charge in [0, 0.05) is 34.7 Å². The van der Waals surface area contributed by atoms with Crippen molar-refractivity contribution in [1.29, 1.82) is 0 Å². The van der Waals surface area contributed by atoms with Gasteiger partial charge in [0.25, 0.3) is 0 Å². The minimum atomic E-state index is 0. The van der Waals surface area contributed by atoms with Crippen LogP contribution in [0.3, 0.4) is 0 Å². The number of methoxy groups -OCH3 is 1. The standard InChI is InChI=1S/C22H27BrCl2N2O2.2ClH/c1-3-27-8-4-5-18(27)13-26-12-15-9-19(23)22(21(10-15)28-2)29-14-16-6-7-17(24)11-20(16)25;;/h6-7,9-11,18,26H,3-5,8,12-14H2,1-2H3;2*1H. The molecule has 1 aliphatic heterocycles. The van der Waals surface area contributed by atoms with E-state index in [1.54, 1.807) is 19.2 Å². The zero-order valence-corrected chi connectivity index (χ0v) is 22.4. The lowest BCUT2D eigenvalue weighted by Gasteiger charge is -2.23. The molecule has 1 heterocycles. The van der Waals surface area contributed by atoms with Crippen LogP contribution in [0.1, 0.15) is 30.9 Å². The van der Waals surface area contributed by atoms with Crippen molar-refractivity contribution in [3.05, 3.63) is 56.0 Å². The van der Waals surface area contributed by atoms with Crippen LogP contribution >= 0.6 is 63.9 Å². The number of hydrogen-bond acceptors (Lipinski definition) is 4. The molecule has 1 aliphatic rings. The van der Waals surface area contributed by atoms with Crippen LogP contribution in [-0.2, 0) is 13.2 Å². The van der Waals surface area contributed by atoms with Crippen LogP contribution in [0.5, 0.6) is 11.5 Å². The number of benzene rings is 2. The van der Waals surface area contributed by atoms with E-state index in [2.05, 4.69) is 39.1 Å². The molecular formula is C22H29BrCl4N2O2. The van der Waals surface area contributed by atoms with Gasteiger partial charge >= 0.3 is 0 Å². The summed E-state index contributed by atoms with van der Waals surface area (Å²) in [5.74, 6) is 1.35. The summed E-state index contributed by atoms with van der Waals surface area (Å²) in [5, 5.41) is 4.78. The van der Waals surface area contributed by atoms with Gasteiger partial charge in [-0.3, -0.25) is 4.90 Å². The Balaban J connectivity index is 0.00000240. The Labute approximate surface area is 215 Å². The first kappa shape index (κ1) is 28.6. The largest absolute Gasteiger partial charge is 0.493 e. The highest BCUT2D eigenvalue weighted by molar-refractivity contribution is 9.10. The first-order valence-electron chi connectivity index (χ1n) is 9.89. The number of nitrogens with zero attached hydrogens (tertiary/aromatic N) is 1. The molecule has 1 N–H and O–H groups in total. The molecular weight excluding hydrogens is 546 g/mol. The van der Waals surface area contributed by atoms with Crippen LogP contribution in [0.2, 0.25) is 10.0 Å². The van der Waals surface area contributed by atoms with Crippen molar-refractivity contribution in [1.82, 2.24) is 10.2 Å². The molecule has 2 aromatic rings. The van der Waals surface area contributed by atoms with E-state index in [9.17, 15) is 0 Å². The van der Waals surface area contributed by atoms with E-state index in [4.69, 9.17) is 32.7 Å². The summed E-state index contributed by atoms with van der Waals surface area (Å²) < 4.78 is 12.4. The monoisotopic (exact) mass is 572 g/mol. The molecule has 1 fully saturated rings. The Morgan fingerprint density at radius 1 is 1.19 bits per heavy atom. The van der Waals surface area contributed by atoms with Gasteiger partial charge in [0.2, 0.25) is 0 Å². The lowest BCUT2D eigenvalue weighted by molar-refractivity contribution is 0.259. The molecule has 0 aliphatic carbocycles. The number of halogens is 5. The number of hydrogen-bond donors (Lipinski definition) is 1. The molecule has 1 saturated heterocycles. The van der Waals surface area contributed by atoms with Crippen molar-refractivity contribution in [3.63, 3.8) is 0 Å². The molecule has 4 nitrogen and oxygen atoms in total. The Hall–Kier alpha value is -0.400. The molecule has 0 radical (unpaired) electrons. The molecule has 1 unspecified atom stereocenters. The third-order valence-corrected chi connectivity index (χ3v) is 6.47. The highest BCUT2D eigenvalue weighted by Crippen LogP contribution is 2.37. The second kappa shape index (κ2) is 14.0. The number of likely N-dealkylation sites (tertiary alicyclic amines) is 1. The average molecular weight is 575 g/mol. The third-order valence-electron chi connectivity index (χ3n) is 5.29. The topological polar surface area (TPSA) is 33.7 Å². The number of nitrogens with one attached hydrogen (secondary N) is 1. The van der Waals surface area contributed by atoms with Crippen LogP contribution in [0.15, 0.2) is 34.8 Å². The number of likely N-dealkylation sites (N-methyl/N-ethyl adjacent to an activating group) is 1. The van der Waals surface area contributed by atoms with Gasteiger partial charge in [-0.05, 0) is 71.7 Å². The summed E-state index contributed by atoms with van der Waals surface area (Å²) in [6.07, 6.45) is 2.57. The summed E-state index contributed by atoms with van der Waals surface area (Å²) >= 11 is 15.8. The van der Waals surface area contributed by atoms with Crippen LogP contribution in [-0.4, -0.2) is 37.7 Å². The Morgan fingerprint density at radius 3 is 2.65 bits per heavy atom. The van der Waals surface area contributed by atoms with Crippen LogP contribution in [0.25, 0.3) is 0 Å². The van der Waals surface area contributed by atoms with E-state index in [1.165, 1.54) is 19.4 Å². The van der Waals surface area contributed by atoms with Gasteiger partial charge in [0.05, 0.1) is 11.6 Å². The van der Waals surface area contributed by atoms with E-state index in [1.807, 2.05) is 12.1 Å². The van der Waals surface area contributed by atoms with Crippen molar-refractivity contribution in [2.75, 3.05) is 26.7 Å². The van der Waals surface area contributed by atoms with E-state index in [0.717, 1.165) is 35.2 Å². The van der Waals surface area contributed by atoms with Gasteiger partial charge in [0.1, 0.15) is 6.61 Å². The van der Waals surface area contributed by atoms with E-state index < -0.39 is 0 Å². The van der Waals surface area contributed by atoms with Gasteiger partial charge < -0.3 is 14.8 Å². The van der Waals surface area contributed by atoms with Crippen LogP contribution in [0.4, 0.5) is 0 Å². The molecule has 0 amide bonds. The molecule has 31 heavy (non-hydrogen) atoms. The Bertz CT molecular complexity index is 841. The summed E-state index contributed by atoms with van der Waals surface area (Å²) in [6.45, 7) is 6.68. The minimum absolute atomic E-state index is 0. The maximum atomic E-state index is 6.25. The maximum Gasteiger partial charge on any atom is 0.175 e. The Kier molecular flexibility index (Phi) is 12.9. The summed E-state index contributed by atoms with van der Waals surface area (Å²) in [6, 6.07) is 10.1. The summed E-state index contributed by atoms with van der Waals surface area (Å²) in [5.41, 5.74) is 2.01. The Morgan fingerprint density at radius 2 is 1.97 bits per heavy atom. The van der Waals surface area contributed by atoms with Crippen LogP contribution < -0.4 is 14.8 Å². The van der Waals surface area contributed by atoms with Gasteiger partial charge in [0.15, 0.2) is 11.5 Å². The predicted molar refractivity (Wildman–Crippen MR) is 138 cm³/mol. The van der Waals surface area contributed by atoms with Gasteiger partial charge in [-0.2, -0.15) is 0 Å². The van der Waals surface area contributed by atoms with Crippen molar-refractivity contribution in [2.24, 2.45) is 0 Å². The molecule has 3 rings (SSSR count). The fourth-order valence-electron chi connectivity index (χ4n) is 3.73. The van der Waals surface area contributed by atoms with Crippen molar-refractivity contribution < 1.29 is 9.47 Å². The molecule has 1 atom stereocenters. The van der Waals surface area contributed by atoms with Gasteiger partial charge in [-0.1, -0.05) is 36.2 Å². The minimum Gasteiger partial charge on any atom is -0.493 e.